The van der Waals surface area contributed by atoms with Crippen molar-refractivity contribution in [3.63, 3.8) is 0 Å². The average Bonchev–Trinajstić information content (AvgIpc) is 3.22. The van der Waals surface area contributed by atoms with Gasteiger partial charge in [0.2, 0.25) is 0 Å². The van der Waals surface area contributed by atoms with Gasteiger partial charge in [0.25, 0.3) is 0 Å². The number of nitrogens with zero attached hydrogens (tertiary/aromatic N) is 5. The maximum Gasteiger partial charge on any atom is 0.182 e. The minimum Gasteiger partial charge on any atom is -0.355 e. The highest BCUT2D eigenvalue weighted by molar-refractivity contribution is 5.82. The maximum absolute atomic E-state index is 4.51. The number of fused-ring (bicyclic) bond motifs is 1. The smallest absolute Gasteiger partial charge is 0.182 e. The van der Waals surface area contributed by atoms with Crippen molar-refractivity contribution in [1.82, 2.24) is 24.8 Å². The molecule has 0 aliphatic carbocycles. The van der Waals surface area contributed by atoms with Crippen LogP contribution in [-0.2, 0) is 0 Å². The summed E-state index contributed by atoms with van der Waals surface area (Å²) in [5.41, 5.74) is 2.14. The Labute approximate surface area is 150 Å². The Kier molecular flexibility index (Phi) is 4.40. The number of hydrogen-bond donors (Lipinski definition) is 1. The van der Waals surface area contributed by atoms with E-state index in [2.05, 4.69) is 50.5 Å². The first kappa shape index (κ1) is 16.8. The van der Waals surface area contributed by atoms with Gasteiger partial charge in [-0.3, -0.25) is 0 Å². The number of aromatic amines is 1. The molecule has 6 heteroatoms. The zero-order valence-electron chi connectivity index (χ0n) is 15.7. The monoisotopic (exact) mass is 342 g/mol. The Hall–Kier alpha value is -1.69. The van der Waals surface area contributed by atoms with Gasteiger partial charge in [0.1, 0.15) is 11.8 Å². The van der Waals surface area contributed by atoms with Crippen LogP contribution in [0.25, 0.3) is 11.2 Å². The van der Waals surface area contributed by atoms with Crippen LogP contribution in [0.2, 0.25) is 0 Å². The average molecular weight is 342 g/mol. The van der Waals surface area contributed by atoms with Gasteiger partial charge in [0, 0.05) is 26.2 Å². The SMILES string of the molecule is CC(C)(C)CN1CCC(C2CCN(c3ncnc4nc[nH]c34)CC2)C1. The number of H-pyrrole nitrogens is 1. The summed E-state index contributed by atoms with van der Waals surface area (Å²) in [7, 11) is 0. The molecule has 0 spiro atoms. The molecular weight excluding hydrogens is 312 g/mol. The van der Waals surface area contributed by atoms with Crippen molar-refractivity contribution < 1.29 is 0 Å². The predicted molar refractivity (Wildman–Crippen MR) is 101 cm³/mol. The molecule has 0 aromatic carbocycles. The lowest BCUT2D eigenvalue weighted by molar-refractivity contribution is 0.203. The predicted octanol–water partition coefficient (Wildman–Crippen LogP) is 2.94. The molecule has 2 aromatic heterocycles. The van der Waals surface area contributed by atoms with Crippen molar-refractivity contribution in [3.05, 3.63) is 12.7 Å². The molecule has 0 amide bonds. The Balaban J connectivity index is 1.35. The molecule has 2 aromatic rings. The first-order valence-corrected chi connectivity index (χ1v) is 9.61. The van der Waals surface area contributed by atoms with E-state index >= 15 is 0 Å². The van der Waals surface area contributed by atoms with Crippen LogP contribution in [0.4, 0.5) is 5.82 Å². The summed E-state index contributed by atoms with van der Waals surface area (Å²) in [6.07, 6.45) is 7.25. The standard InChI is InChI=1S/C19H30N6/c1-19(2,3)11-24-7-4-15(10-24)14-5-8-25(9-6-14)18-16-17(21-12-20-16)22-13-23-18/h12-15H,4-11H2,1-3H3,(H,20,21,22,23). The molecule has 1 unspecified atom stereocenters. The summed E-state index contributed by atoms with van der Waals surface area (Å²) in [5, 5.41) is 0. The van der Waals surface area contributed by atoms with Crippen LogP contribution in [0.5, 0.6) is 0 Å². The van der Waals surface area contributed by atoms with E-state index in [0.717, 1.165) is 41.9 Å². The van der Waals surface area contributed by atoms with Crippen LogP contribution in [0, 0.1) is 17.3 Å². The fourth-order valence-electron chi connectivity index (χ4n) is 4.64. The molecule has 0 radical (unpaired) electrons. The number of nitrogens with one attached hydrogen (secondary N) is 1. The molecule has 2 fully saturated rings. The molecular formula is C19H30N6. The molecule has 2 saturated heterocycles. The summed E-state index contributed by atoms with van der Waals surface area (Å²) in [5.74, 6) is 2.75. The normalized spacial score (nSPS) is 23.6. The van der Waals surface area contributed by atoms with Crippen LogP contribution in [0.1, 0.15) is 40.0 Å². The quantitative estimate of drug-likeness (QED) is 0.929. The van der Waals surface area contributed by atoms with Crippen LogP contribution in [0.15, 0.2) is 12.7 Å². The van der Waals surface area contributed by atoms with Gasteiger partial charge < -0.3 is 14.8 Å². The molecule has 1 N–H and O–H groups in total. The van der Waals surface area contributed by atoms with Crippen LogP contribution in [-0.4, -0.2) is 57.6 Å². The van der Waals surface area contributed by atoms with E-state index < -0.39 is 0 Å². The molecule has 2 aliphatic rings. The lowest BCUT2D eigenvalue weighted by Gasteiger charge is -2.35. The molecule has 6 nitrogen and oxygen atoms in total. The van der Waals surface area contributed by atoms with Crippen LogP contribution < -0.4 is 4.90 Å². The van der Waals surface area contributed by atoms with Gasteiger partial charge in [0.15, 0.2) is 11.5 Å². The van der Waals surface area contributed by atoms with Gasteiger partial charge >= 0.3 is 0 Å². The minimum atomic E-state index is 0.403. The van der Waals surface area contributed by atoms with Gasteiger partial charge in [-0.2, -0.15) is 0 Å². The first-order chi connectivity index (χ1) is 12.0. The zero-order chi connectivity index (χ0) is 17.4. The lowest BCUT2D eigenvalue weighted by Crippen LogP contribution is -2.38. The minimum absolute atomic E-state index is 0.403. The number of imidazole rings is 1. The topological polar surface area (TPSA) is 60.9 Å². The summed E-state index contributed by atoms with van der Waals surface area (Å²) in [6, 6.07) is 0. The van der Waals surface area contributed by atoms with E-state index in [0.29, 0.717) is 5.41 Å². The van der Waals surface area contributed by atoms with E-state index in [9.17, 15) is 0 Å². The largest absolute Gasteiger partial charge is 0.355 e. The summed E-state index contributed by atoms with van der Waals surface area (Å²) in [6.45, 7) is 13.0. The second-order valence-electron chi connectivity index (χ2n) is 8.97. The van der Waals surface area contributed by atoms with Crippen LogP contribution >= 0.6 is 0 Å². The van der Waals surface area contributed by atoms with Gasteiger partial charge in [-0.1, -0.05) is 20.8 Å². The second kappa shape index (κ2) is 6.56. The molecule has 0 bridgehead atoms. The van der Waals surface area contributed by atoms with Gasteiger partial charge in [-0.15, -0.1) is 0 Å². The van der Waals surface area contributed by atoms with Crippen molar-refractivity contribution in [3.8, 4) is 0 Å². The third kappa shape index (κ3) is 3.64. The molecule has 0 saturated carbocycles. The van der Waals surface area contributed by atoms with Crippen molar-refractivity contribution in [2.24, 2.45) is 17.3 Å². The third-order valence-corrected chi connectivity index (χ3v) is 5.72. The summed E-state index contributed by atoms with van der Waals surface area (Å²) >= 11 is 0. The number of anilines is 1. The number of rotatable bonds is 3. The third-order valence-electron chi connectivity index (χ3n) is 5.72. The zero-order valence-corrected chi connectivity index (χ0v) is 15.7. The van der Waals surface area contributed by atoms with Crippen molar-refractivity contribution in [1.29, 1.82) is 0 Å². The van der Waals surface area contributed by atoms with E-state index in [-0.39, 0.29) is 0 Å². The first-order valence-electron chi connectivity index (χ1n) is 9.61. The highest BCUT2D eigenvalue weighted by Gasteiger charge is 2.33. The van der Waals surface area contributed by atoms with Gasteiger partial charge in [-0.05, 0) is 43.1 Å². The van der Waals surface area contributed by atoms with Gasteiger partial charge in [-0.25, -0.2) is 15.0 Å². The Morgan fingerprint density at radius 3 is 2.56 bits per heavy atom. The number of piperidine rings is 1. The molecule has 1 atom stereocenters. The Bertz CT molecular complexity index is 710. The Morgan fingerprint density at radius 2 is 1.80 bits per heavy atom. The fourth-order valence-corrected chi connectivity index (χ4v) is 4.64. The van der Waals surface area contributed by atoms with E-state index in [1.54, 1.807) is 12.7 Å². The van der Waals surface area contributed by atoms with Crippen molar-refractivity contribution in [2.75, 3.05) is 37.6 Å². The highest BCUT2D eigenvalue weighted by atomic mass is 15.2. The van der Waals surface area contributed by atoms with Crippen molar-refractivity contribution >= 4 is 17.0 Å². The summed E-state index contributed by atoms with van der Waals surface area (Å²) < 4.78 is 0. The molecule has 4 heterocycles. The van der Waals surface area contributed by atoms with E-state index in [4.69, 9.17) is 0 Å². The molecule has 136 valence electrons. The fraction of sp³-hybridized carbons (Fsp3) is 0.737. The molecule has 4 rings (SSSR count). The number of likely N-dealkylation sites (tertiary alicyclic amines) is 1. The van der Waals surface area contributed by atoms with Crippen molar-refractivity contribution in [2.45, 2.75) is 40.0 Å². The lowest BCUT2D eigenvalue weighted by atomic mass is 9.83. The Morgan fingerprint density at radius 1 is 1.04 bits per heavy atom. The summed E-state index contributed by atoms with van der Waals surface area (Å²) in [4.78, 5) is 21.3. The van der Waals surface area contributed by atoms with E-state index in [1.165, 1.54) is 38.9 Å². The maximum atomic E-state index is 4.51. The van der Waals surface area contributed by atoms with Crippen LogP contribution in [0.3, 0.4) is 0 Å². The molecule has 2 aliphatic heterocycles. The van der Waals surface area contributed by atoms with E-state index in [1.807, 2.05) is 0 Å². The number of hydrogen-bond acceptors (Lipinski definition) is 5. The second-order valence-corrected chi connectivity index (χ2v) is 8.97. The van der Waals surface area contributed by atoms with Gasteiger partial charge in [0.05, 0.1) is 6.33 Å². The highest BCUT2D eigenvalue weighted by Crippen LogP contribution is 2.34. The number of aromatic nitrogens is 4. The molecule has 25 heavy (non-hydrogen) atoms.